The molecule has 6 nitrogen and oxygen atoms in total. The lowest BCUT2D eigenvalue weighted by Crippen LogP contribution is -2.30. The predicted molar refractivity (Wildman–Crippen MR) is 265 cm³/mol. The molecule has 0 aliphatic heterocycles. The molecule has 0 amide bonds. The Balaban J connectivity index is 4.39. The molecule has 0 aromatic heterocycles. The largest absolute Gasteiger partial charge is 0.462 e. The van der Waals surface area contributed by atoms with E-state index in [2.05, 4.69) is 69.4 Å². The van der Waals surface area contributed by atoms with Crippen molar-refractivity contribution in [1.29, 1.82) is 0 Å². The van der Waals surface area contributed by atoms with Crippen LogP contribution in [0.3, 0.4) is 0 Å². The number of rotatable bonds is 47. The van der Waals surface area contributed by atoms with E-state index in [1.54, 1.807) is 6.08 Å². The molecule has 0 saturated heterocycles. The molecule has 0 heterocycles. The monoisotopic (exact) mass is 867 g/mol. The molecule has 1 atom stereocenters. The molecule has 0 N–H and O–H groups in total. The Morgan fingerprint density at radius 3 is 0.919 bits per heavy atom. The molecule has 0 aliphatic carbocycles. The summed E-state index contributed by atoms with van der Waals surface area (Å²) in [5.41, 5.74) is 0. The molecule has 0 spiro atoms. The minimum Gasteiger partial charge on any atom is -0.462 e. The van der Waals surface area contributed by atoms with Crippen molar-refractivity contribution in [1.82, 2.24) is 0 Å². The number of unbranched alkanes of at least 4 members (excludes halogenated alkanes) is 27. The average molecular weight is 867 g/mol. The van der Waals surface area contributed by atoms with Crippen molar-refractivity contribution in [3.8, 4) is 0 Å². The molecular weight excluding hydrogens is 769 g/mol. The second-order valence-corrected chi connectivity index (χ2v) is 17.4. The van der Waals surface area contributed by atoms with Crippen molar-refractivity contribution in [2.75, 3.05) is 13.2 Å². The van der Waals surface area contributed by atoms with Crippen LogP contribution >= 0.6 is 0 Å². The van der Waals surface area contributed by atoms with Gasteiger partial charge in [-0.2, -0.15) is 0 Å². The summed E-state index contributed by atoms with van der Waals surface area (Å²) in [6.45, 7) is 6.45. The molecule has 0 bridgehead atoms. The first-order valence-electron chi connectivity index (χ1n) is 26.3. The van der Waals surface area contributed by atoms with Crippen LogP contribution in [0.2, 0.25) is 0 Å². The summed E-state index contributed by atoms with van der Waals surface area (Å²) >= 11 is 0. The average Bonchev–Trinajstić information content (AvgIpc) is 3.27. The number of carbonyl (C=O) groups excluding carboxylic acids is 3. The maximum Gasteiger partial charge on any atom is 0.310 e. The van der Waals surface area contributed by atoms with Crippen molar-refractivity contribution >= 4 is 17.9 Å². The highest BCUT2D eigenvalue weighted by Gasteiger charge is 2.19. The van der Waals surface area contributed by atoms with Crippen molar-refractivity contribution in [3.05, 3.63) is 60.8 Å². The highest BCUT2D eigenvalue weighted by Crippen LogP contribution is 2.16. The van der Waals surface area contributed by atoms with Crippen LogP contribution in [0.5, 0.6) is 0 Å². The third-order valence-electron chi connectivity index (χ3n) is 11.3. The number of carbonyl (C=O) groups is 3. The molecule has 0 radical (unpaired) electrons. The van der Waals surface area contributed by atoms with E-state index in [1.807, 2.05) is 6.08 Å². The molecule has 0 aromatic carbocycles. The number of hydrogen-bond donors (Lipinski definition) is 0. The fourth-order valence-electron chi connectivity index (χ4n) is 7.40. The van der Waals surface area contributed by atoms with Gasteiger partial charge in [0.25, 0.3) is 0 Å². The Morgan fingerprint density at radius 2 is 0.613 bits per heavy atom. The van der Waals surface area contributed by atoms with Crippen LogP contribution in [0.4, 0.5) is 0 Å². The summed E-state index contributed by atoms with van der Waals surface area (Å²) < 4.78 is 16.7. The zero-order chi connectivity index (χ0) is 45.1. The van der Waals surface area contributed by atoms with E-state index in [9.17, 15) is 14.4 Å². The van der Waals surface area contributed by atoms with Gasteiger partial charge in [-0.1, -0.05) is 255 Å². The zero-order valence-electron chi connectivity index (χ0n) is 40.9. The van der Waals surface area contributed by atoms with Gasteiger partial charge in [-0.3, -0.25) is 14.4 Å². The van der Waals surface area contributed by atoms with Crippen LogP contribution in [0.25, 0.3) is 0 Å². The van der Waals surface area contributed by atoms with Gasteiger partial charge in [0.2, 0.25) is 0 Å². The summed E-state index contributed by atoms with van der Waals surface area (Å²) in [7, 11) is 0. The minimum absolute atomic E-state index is 0.101. The van der Waals surface area contributed by atoms with Crippen LogP contribution in [0.1, 0.15) is 258 Å². The first-order chi connectivity index (χ1) is 30.5. The van der Waals surface area contributed by atoms with Crippen LogP contribution in [0, 0.1) is 0 Å². The number of allylic oxidation sites excluding steroid dienone is 9. The van der Waals surface area contributed by atoms with Crippen molar-refractivity contribution in [2.45, 2.75) is 264 Å². The van der Waals surface area contributed by atoms with Crippen LogP contribution in [-0.4, -0.2) is 37.2 Å². The summed E-state index contributed by atoms with van der Waals surface area (Å²) in [5.74, 6) is -1.03. The summed E-state index contributed by atoms with van der Waals surface area (Å²) in [5, 5.41) is 0. The van der Waals surface area contributed by atoms with E-state index in [4.69, 9.17) is 14.2 Å². The van der Waals surface area contributed by atoms with Gasteiger partial charge in [0.1, 0.15) is 13.2 Å². The second kappa shape index (κ2) is 50.8. The van der Waals surface area contributed by atoms with E-state index in [0.717, 1.165) is 70.6 Å². The molecule has 0 aliphatic rings. The first kappa shape index (κ1) is 59.1. The van der Waals surface area contributed by atoms with Crippen molar-refractivity contribution in [3.63, 3.8) is 0 Å². The molecule has 0 saturated carbocycles. The third-order valence-corrected chi connectivity index (χ3v) is 11.3. The van der Waals surface area contributed by atoms with Gasteiger partial charge in [0.05, 0.1) is 6.42 Å². The van der Waals surface area contributed by atoms with Gasteiger partial charge in [0, 0.05) is 12.8 Å². The molecule has 358 valence electrons. The number of esters is 3. The fourth-order valence-corrected chi connectivity index (χ4v) is 7.40. The zero-order valence-corrected chi connectivity index (χ0v) is 40.9. The van der Waals surface area contributed by atoms with Crippen molar-refractivity contribution < 1.29 is 28.6 Å². The predicted octanol–water partition coefficient (Wildman–Crippen LogP) is 17.3. The number of ether oxygens (including phenoxy) is 3. The normalized spacial score (nSPS) is 12.5. The summed E-state index contributed by atoms with van der Waals surface area (Å²) in [4.78, 5) is 37.9. The first-order valence-corrected chi connectivity index (χ1v) is 26.3. The minimum atomic E-state index is -0.823. The highest BCUT2D eigenvalue weighted by molar-refractivity contribution is 5.72. The Kier molecular flexibility index (Phi) is 48.4. The van der Waals surface area contributed by atoms with Crippen LogP contribution in [-0.2, 0) is 28.6 Å². The SMILES string of the molecule is CC/C=C\C/C=C\C/C=C\C/C=C\C/C=C\CC(=O)OC(COC(=O)CCCCCCCCCCCC)COC(=O)CCCCCCCCCCCCCCCCCCCCC. The molecular formula is C56H98O6. The van der Waals surface area contributed by atoms with E-state index in [1.165, 1.54) is 148 Å². The Morgan fingerprint density at radius 1 is 0.339 bits per heavy atom. The highest BCUT2D eigenvalue weighted by atomic mass is 16.6. The molecule has 6 heteroatoms. The van der Waals surface area contributed by atoms with E-state index in [-0.39, 0.29) is 31.6 Å². The van der Waals surface area contributed by atoms with Gasteiger partial charge < -0.3 is 14.2 Å². The van der Waals surface area contributed by atoms with E-state index >= 15 is 0 Å². The van der Waals surface area contributed by atoms with Gasteiger partial charge >= 0.3 is 17.9 Å². The maximum absolute atomic E-state index is 12.7. The van der Waals surface area contributed by atoms with E-state index < -0.39 is 12.1 Å². The fraction of sp³-hybridized carbons (Fsp3) is 0.768. The Hall–Kier alpha value is -2.89. The van der Waals surface area contributed by atoms with Gasteiger partial charge in [-0.25, -0.2) is 0 Å². The topological polar surface area (TPSA) is 78.9 Å². The number of hydrogen-bond acceptors (Lipinski definition) is 6. The molecule has 62 heavy (non-hydrogen) atoms. The lowest BCUT2D eigenvalue weighted by molar-refractivity contribution is -0.166. The third kappa shape index (κ3) is 48.1. The maximum atomic E-state index is 12.7. The Bertz CT molecular complexity index is 1130. The second-order valence-electron chi connectivity index (χ2n) is 17.4. The standard InChI is InChI=1S/C56H98O6/c1-4-7-10-13-16-19-22-24-26-27-28-29-31-32-34-37-40-43-46-49-55(58)61-52-53(51-60-54(57)48-45-42-39-36-21-18-15-12-9-6-3)62-56(59)50-47-44-41-38-35-33-30-25-23-20-17-14-11-8-5-2/h8,11,17,20,25,30,35,38,44,47,53H,4-7,9-10,12-16,18-19,21-24,26-29,31-34,36-37,39-43,45-46,48-52H2,1-3H3/b11-8-,20-17-,30-25-,38-35-,47-44-. The van der Waals surface area contributed by atoms with Crippen LogP contribution < -0.4 is 0 Å². The van der Waals surface area contributed by atoms with E-state index in [0.29, 0.717) is 12.8 Å². The van der Waals surface area contributed by atoms with Crippen molar-refractivity contribution in [2.24, 2.45) is 0 Å². The van der Waals surface area contributed by atoms with Gasteiger partial charge in [-0.15, -0.1) is 0 Å². The summed E-state index contributed by atoms with van der Waals surface area (Å²) in [6.07, 6.45) is 62.4. The quantitative estimate of drug-likeness (QED) is 0.0262. The summed E-state index contributed by atoms with van der Waals surface area (Å²) in [6, 6.07) is 0. The molecule has 1 unspecified atom stereocenters. The molecule has 0 fully saturated rings. The molecule has 0 rings (SSSR count). The molecule has 0 aromatic rings. The lowest BCUT2D eigenvalue weighted by Gasteiger charge is -2.18. The Labute approximate surface area is 383 Å². The van der Waals surface area contributed by atoms with Crippen LogP contribution in [0.15, 0.2) is 60.8 Å². The lowest BCUT2D eigenvalue weighted by atomic mass is 10.0. The van der Waals surface area contributed by atoms with Gasteiger partial charge in [-0.05, 0) is 44.9 Å². The van der Waals surface area contributed by atoms with Gasteiger partial charge in [0.15, 0.2) is 6.10 Å². The smallest absolute Gasteiger partial charge is 0.310 e.